The third-order valence-corrected chi connectivity index (χ3v) is 4.77. The quantitative estimate of drug-likeness (QED) is 0.902. The van der Waals surface area contributed by atoms with Crippen molar-refractivity contribution >= 4 is 21.5 Å². The zero-order valence-corrected chi connectivity index (χ0v) is 11.4. The van der Waals surface area contributed by atoms with Crippen LogP contribution in [0.25, 0.3) is 5.52 Å². The molecule has 1 N–H and O–H groups in total. The number of nitrogens with zero attached hydrogens (tertiary/aromatic N) is 4. The Morgan fingerprint density at radius 2 is 2.00 bits per heavy atom. The van der Waals surface area contributed by atoms with Gasteiger partial charge in [0.15, 0.2) is 5.82 Å². The molecule has 1 aliphatic heterocycles. The lowest BCUT2D eigenvalue weighted by atomic mass is 10.4. The molecule has 2 aromatic heterocycles. The molecule has 8 heteroatoms. The van der Waals surface area contributed by atoms with Gasteiger partial charge in [-0.15, -0.1) is 0 Å². The van der Waals surface area contributed by atoms with Gasteiger partial charge in [0.25, 0.3) is 0 Å². The molecule has 0 spiro atoms. The van der Waals surface area contributed by atoms with Crippen molar-refractivity contribution in [1.82, 2.24) is 18.9 Å². The van der Waals surface area contributed by atoms with Crippen LogP contribution in [-0.4, -0.2) is 40.4 Å². The maximum Gasteiger partial charge on any atom is 0.302 e. The minimum absolute atomic E-state index is 0.315. The van der Waals surface area contributed by atoms with Crippen LogP contribution in [-0.2, 0) is 10.2 Å². The van der Waals surface area contributed by atoms with Gasteiger partial charge in [-0.05, 0) is 31.9 Å². The van der Waals surface area contributed by atoms with E-state index in [0.29, 0.717) is 24.4 Å². The second-order valence-corrected chi connectivity index (χ2v) is 6.26. The van der Waals surface area contributed by atoms with E-state index >= 15 is 0 Å². The van der Waals surface area contributed by atoms with Crippen LogP contribution in [0.5, 0.6) is 0 Å². The third-order valence-electron chi connectivity index (χ3n) is 3.27. The number of anilines is 1. The summed E-state index contributed by atoms with van der Waals surface area (Å²) in [4.78, 5) is 4.03. The number of nitrogens with one attached hydrogen (secondary N) is 1. The second-order valence-electron chi connectivity index (χ2n) is 4.59. The lowest BCUT2D eigenvalue weighted by molar-refractivity contribution is 0.482. The monoisotopic (exact) mass is 281 g/mol. The average molecular weight is 281 g/mol. The summed E-state index contributed by atoms with van der Waals surface area (Å²) in [7, 11) is -3.52. The highest BCUT2D eigenvalue weighted by molar-refractivity contribution is 7.90. The molecule has 1 fully saturated rings. The van der Waals surface area contributed by atoms with Gasteiger partial charge >= 0.3 is 10.2 Å². The Morgan fingerprint density at radius 1 is 1.26 bits per heavy atom. The topological polar surface area (TPSA) is 79.6 Å². The highest BCUT2D eigenvalue weighted by Gasteiger charge is 2.26. The molecule has 1 aliphatic rings. The first-order valence-corrected chi connectivity index (χ1v) is 7.59. The molecule has 0 aliphatic carbocycles. The van der Waals surface area contributed by atoms with Crippen LogP contribution < -0.4 is 4.72 Å². The summed E-state index contributed by atoms with van der Waals surface area (Å²) in [5.74, 6) is 0.315. The van der Waals surface area contributed by atoms with E-state index in [0.717, 1.165) is 18.5 Å². The number of hydrogen-bond donors (Lipinski definition) is 1. The molecule has 0 atom stereocenters. The predicted octanol–water partition coefficient (Wildman–Crippen LogP) is 0.790. The van der Waals surface area contributed by atoms with Gasteiger partial charge in [0, 0.05) is 18.8 Å². The molecule has 0 saturated carbocycles. The molecule has 2 aromatic rings. The first kappa shape index (κ1) is 12.4. The minimum Gasteiger partial charge on any atom is -0.253 e. The van der Waals surface area contributed by atoms with E-state index in [9.17, 15) is 8.42 Å². The number of aromatic nitrogens is 3. The van der Waals surface area contributed by atoms with E-state index in [2.05, 4.69) is 14.8 Å². The van der Waals surface area contributed by atoms with Crippen molar-refractivity contribution < 1.29 is 8.42 Å². The Labute approximate surface area is 111 Å². The van der Waals surface area contributed by atoms with Crippen LogP contribution in [0.1, 0.15) is 18.5 Å². The molecule has 3 rings (SSSR count). The Morgan fingerprint density at radius 3 is 2.74 bits per heavy atom. The molecule has 7 nitrogen and oxygen atoms in total. The summed E-state index contributed by atoms with van der Waals surface area (Å²) >= 11 is 0. The van der Waals surface area contributed by atoms with Gasteiger partial charge in [0.05, 0.1) is 0 Å². The maximum absolute atomic E-state index is 12.2. The SMILES string of the molecule is Cc1ccc2c(NS(=O)(=O)N3CCCC3)ncnn12. The van der Waals surface area contributed by atoms with Crippen LogP contribution in [0.3, 0.4) is 0 Å². The fraction of sp³-hybridized carbons (Fsp3) is 0.455. The molecule has 0 unspecified atom stereocenters. The standard InChI is InChI=1S/C11H15N5O2S/c1-9-4-5-10-11(12-8-13-16(9)10)14-19(17,18)15-6-2-3-7-15/h4-5,8H,2-3,6-7H2,1H3,(H,12,13,14). The molecule has 0 amide bonds. The normalized spacial score (nSPS) is 17.1. The van der Waals surface area contributed by atoms with Crippen molar-refractivity contribution in [1.29, 1.82) is 0 Å². The van der Waals surface area contributed by atoms with Crippen molar-refractivity contribution in [2.45, 2.75) is 19.8 Å². The van der Waals surface area contributed by atoms with Crippen molar-refractivity contribution in [2.24, 2.45) is 0 Å². The average Bonchev–Trinajstić information content (AvgIpc) is 3.00. The lowest BCUT2D eigenvalue weighted by Gasteiger charge is -2.16. The van der Waals surface area contributed by atoms with Crippen molar-refractivity contribution in [3.63, 3.8) is 0 Å². The van der Waals surface area contributed by atoms with Gasteiger partial charge in [0.1, 0.15) is 11.8 Å². The molecule has 102 valence electrons. The van der Waals surface area contributed by atoms with Crippen molar-refractivity contribution in [3.05, 3.63) is 24.2 Å². The summed E-state index contributed by atoms with van der Waals surface area (Å²) in [6.45, 7) is 3.03. The lowest BCUT2D eigenvalue weighted by Crippen LogP contribution is -2.33. The molecule has 0 aromatic carbocycles. The highest BCUT2D eigenvalue weighted by atomic mass is 32.2. The third kappa shape index (κ3) is 2.17. The highest BCUT2D eigenvalue weighted by Crippen LogP contribution is 2.19. The van der Waals surface area contributed by atoms with Crippen molar-refractivity contribution in [2.75, 3.05) is 17.8 Å². The Hall–Kier alpha value is -1.67. The van der Waals surface area contributed by atoms with Gasteiger partial charge in [0.2, 0.25) is 0 Å². The molecule has 0 bridgehead atoms. The molecular weight excluding hydrogens is 266 g/mol. The number of hydrogen-bond acceptors (Lipinski definition) is 4. The van der Waals surface area contributed by atoms with E-state index < -0.39 is 10.2 Å². The van der Waals surface area contributed by atoms with E-state index in [-0.39, 0.29) is 0 Å². The Kier molecular flexibility index (Phi) is 2.90. The summed E-state index contributed by atoms with van der Waals surface area (Å²) in [6, 6.07) is 3.68. The van der Waals surface area contributed by atoms with Crippen LogP contribution in [0, 0.1) is 6.92 Å². The fourth-order valence-corrected chi connectivity index (χ4v) is 3.53. The summed E-state index contributed by atoms with van der Waals surface area (Å²) < 4.78 is 30.0. The zero-order chi connectivity index (χ0) is 13.5. The van der Waals surface area contributed by atoms with E-state index in [1.54, 1.807) is 10.6 Å². The van der Waals surface area contributed by atoms with E-state index in [4.69, 9.17) is 0 Å². The van der Waals surface area contributed by atoms with Crippen LogP contribution in [0.2, 0.25) is 0 Å². The molecule has 19 heavy (non-hydrogen) atoms. The fourth-order valence-electron chi connectivity index (χ4n) is 2.26. The molecule has 3 heterocycles. The first-order chi connectivity index (χ1) is 9.08. The summed E-state index contributed by atoms with van der Waals surface area (Å²) in [5.41, 5.74) is 1.58. The maximum atomic E-state index is 12.2. The second kappa shape index (κ2) is 4.46. The van der Waals surface area contributed by atoms with Crippen molar-refractivity contribution in [3.8, 4) is 0 Å². The van der Waals surface area contributed by atoms with Crippen LogP contribution in [0.15, 0.2) is 18.5 Å². The van der Waals surface area contributed by atoms with Gasteiger partial charge in [-0.3, -0.25) is 4.72 Å². The zero-order valence-electron chi connectivity index (χ0n) is 10.6. The first-order valence-electron chi connectivity index (χ1n) is 6.15. The smallest absolute Gasteiger partial charge is 0.253 e. The Balaban J connectivity index is 1.97. The van der Waals surface area contributed by atoms with Crippen LogP contribution in [0.4, 0.5) is 5.82 Å². The number of rotatable bonds is 3. The Bertz CT molecular complexity index is 703. The van der Waals surface area contributed by atoms with Gasteiger partial charge in [-0.1, -0.05) is 0 Å². The number of fused-ring (bicyclic) bond motifs is 1. The summed E-state index contributed by atoms with van der Waals surface area (Å²) in [6.07, 6.45) is 3.16. The molecule has 1 saturated heterocycles. The van der Waals surface area contributed by atoms with Crippen LogP contribution >= 0.6 is 0 Å². The molecule has 0 radical (unpaired) electrons. The van der Waals surface area contributed by atoms with Gasteiger partial charge in [-0.2, -0.15) is 17.8 Å². The molecular formula is C11H15N5O2S. The predicted molar refractivity (Wildman–Crippen MR) is 71.1 cm³/mol. The van der Waals surface area contributed by atoms with Gasteiger partial charge in [-0.25, -0.2) is 9.50 Å². The van der Waals surface area contributed by atoms with E-state index in [1.807, 2.05) is 13.0 Å². The van der Waals surface area contributed by atoms with E-state index in [1.165, 1.54) is 10.6 Å². The largest absolute Gasteiger partial charge is 0.302 e. The summed E-state index contributed by atoms with van der Waals surface area (Å²) in [5, 5.41) is 4.09. The number of aryl methyl sites for hydroxylation is 1. The van der Waals surface area contributed by atoms with Gasteiger partial charge < -0.3 is 0 Å². The minimum atomic E-state index is -3.52.